The molecule has 3 aromatic carbocycles. The molecule has 0 radical (unpaired) electrons. The standard InChI is InChI=1S/C26H21F4N5O2S/c27-20-9-5-4-8-19(20)22-33-24(31-18-12-10-17(11-13-18)26(28,29)30)35-25(34-22)32-21(23(36)37)15-38-14-16-6-2-1-3-7-16/h1-13,21H,14-15H2,(H,36,37)(H2,31,32,33,34,35). The minimum atomic E-state index is -4.49. The van der Waals surface area contributed by atoms with E-state index in [4.69, 9.17) is 0 Å². The number of carboxylic acid groups (broad SMARTS) is 1. The van der Waals surface area contributed by atoms with Crippen LogP contribution in [0, 0.1) is 5.82 Å². The minimum absolute atomic E-state index is 0.0405. The second-order valence-electron chi connectivity index (χ2n) is 8.02. The van der Waals surface area contributed by atoms with E-state index >= 15 is 0 Å². The van der Waals surface area contributed by atoms with Crippen LogP contribution in [0.3, 0.4) is 0 Å². The average molecular weight is 544 g/mol. The highest BCUT2D eigenvalue weighted by Crippen LogP contribution is 2.30. The summed E-state index contributed by atoms with van der Waals surface area (Å²) in [5, 5.41) is 15.3. The number of thioether (sulfide) groups is 1. The van der Waals surface area contributed by atoms with Crippen LogP contribution in [0.15, 0.2) is 78.9 Å². The smallest absolute Gasteiger partial charge is 0.416 e. The van der Waals surface area contributed by atoms with Gasteiger partial charge in [-0.05, 0) is 42.0 Å². The fourth-order valence-electron chi connectivity index (χ4n) is 3.33. The van der Waals surface area contributed by atoms with Crippen LogP contribution in [-0.4, -0.2) is 37.8 Å². The molecule has 12 heteroatoms. The molecular formula is C26H21F4N5O2S. The Balaban J connectivity index is 1.59. The fourth-order valence-corrected chi connectivity index (χ4v) is 4.34. The van der Waals surface area contributed by atoms with Crippen molar-refractivity contribution in [3.8, 4) is 11.4 Å². The predicted molar refractivity (Wildman–Crippen MR) is 138 cm³/mol. The summed E-state index contributed by atoms with van der Waals surface area (Å²) >= 11 is 1.39. The Morgan fingerprint density at radius 3 is 2.21 bits per heavy atom. The molecule has 0 saturated heterocycles. The summed E-state index contributed by atoms with van der Waals surface area (Å²) in [4.78, 5) is 24.5. The number of rotatable bonds is 10. The Morgan fingerprint density at radius 1 is 0.895 bits per heavy atom. The molecule has 3 N–H and O–H groups in total. The van der Waals surface area contributed by atoms with E-state index in [1.165, 1.54) is 42.1 Å². The van der Waals surface area contributed by atoms with Gasteiger partial charge in [0, 0.05) is 17.2 Å². The third-order valence-electron chi connectivity index (χ3n) is 5.22. The first-order valence-electron chi connectivity index (χ1n) is 11.3. The Morgan fingerprint density at radius 2 is 1.55 bits per heavy atom. The maximum absolute atomic E-state index is 14.5. The first-order valence-corrected chi connectivity index (χ1v) is 12.4. The molecule has 0 aliphatic rings. The normalized spacial score (nSPS) is 12.1. The minimum Gasteiger partial charge on any atom is -0.480 e. The Kier molecular flexibility index (Phi) is 8.41. The van der Waals surface area contributed by atoms with Crippen molar-refractivity contribution in [3.63, 3.8) is 0 Å². The molecule has 0 amide bonds. The second-order valence-corrected chi connectivity index (χ2v) is 9.05. The zero-order valence-corrected chi connectivity index (χ0v) is 20.4. The summed E-state index contributed by atoms with van der Waals surface area (Å²) in [6.07, 6.45) is -4.49. The van der Waals surface area contributed by atoms with Gasteiger partial charge in [0.2, 0.25) is 11.9 Å². The molecular weight excluding hydrogens is 522 g/mol. The quantitative estimate of drug-likeness (QED) is 0.202. The van der Waals surface area contributed by atoms with Gasteiger partial charge in [-0.2, -0.15) is 39.9 Å². The number of anilines is 3. The summed E-state index contributed by atoms with van der Waals surface area (Å²) in [6.45, 7) is 0. The molecule has 7 nitrogen and oxygen atoms in total. The number of benzene rings is 3. The zero-order valence-electron chi connectivity index (χ0n) is 19.6. The van der Waals surface area contributed by atoms with E-state index in [1.807, 2.05) is 30.3 Å². The number of hydrogen-bond donors (Lipinski definition) is 3. The molecule has 0 bridgehead atoms. The highest BCUT2D eigenvalue weighted by atomic mass is 32.2. The van der Waals surface area contributed by atoms with Crippen LogP contribution in [0.1, 0.15) is 11.1 Å². The third-order valence-corrected chi connectivity index (χ3v) is 6.32. The highest BCUT2D eigenvalue weighted by Gasteiger charge is 2.30. The van der Waals surface area contributed by atoms with E-state index < -0.39 is 29.6 Å². The third kappa shape index (κ3) is 7.19. The van der Waals surface area contributed by atoms with Gasteiger partial charge in [0.05, 0.1) is 11.1 Å². The SMILES string of the molecule is O=C(O)C(CSCc1ccccc1)Nc1nc(Nc2ccc(C(F)(F)F)cc2)nc(-c2ccccc2F)n1. The summed E-state index contributed by atoms with van der Waals surface area (Å²) in [5.41, 5.74) is 0.485. The summed E-state index contributed by atoms with van der Waals surface area (Å²) in [5.74, 6) is -1.33. The number of nitrogens with zero attached hydrogens (tertiary/aromatic N) is 3. The largest absolute Gasteiger partial charge is 0.480 e. The molecule has 38 heavy (non-hydrogen) atoms. The summed E-state index contributed by atoms with van der Waals surface area (Å²) < 4.78 is 53.2. The lowest BCUT2D eigenvalue weighted by Gasteiger charge is -2.16. The number of aliphatic carboxylic acids is 1. The van der Waals surface area contributed by atoms with E-state index in [2.05, 4.69) is 25.6 Å². The van der Waals surface area contributed by atoms with Gasteiger partial charge in [0.1, 0.15) is 11.9 Å². The maximum Gasteiger partial charge on any atom is 0.416 e. The molecule has 4 rings (SSSR count). The number of alkyl halides is 3. The van der Waals surface area contributed by atoms with Gasteiger partial charge in [-0.15, -0.1) is 0 Å². The molecule has 0 spiro atoms. The summed E-state index contributed by atoms with van der Waals surface area (Å²) in [6, 6.07) is 18.4. The predicted octanol–water partition coefficient (Wildman–Crippen LogP) is 6.24. The number of carbonyl (C=O) groups is 1. The second kappa shape index (κ2) is 11.9. The number of aromatic nitrogens is 3. The van der Waals surface area contributed by atoms with Crippen molar-refractivity contribution in [2.45, 2.75) is 18.0 Å². The molecule has 196 valence electrons. The van der Waals surface area contributed by atoms with Crippen molar-refractivity contribution >= 4 is 35.3 Å². The van der Waals surface area contributed by atoms with Crippen molar-refractivity contribution in [3.05, 3.63) is 95.8 Å². The first kappa shape index (κ1) is 26.9. The molecule has 1 aromatic heterocycles. The average Bonchev–Trinajstić information content (AvgIpc) is 2.88. The number of hydrogen-bond acceptors (Lipinski definition) is 7. The Labute approximate surface area is 219 Å². The highest BCUT2D eigenvalue weighted by molar-refractivity contribution is 7.98. The van der Waals surface area contributed by atoms with E-state index in [-0.39, 0.29) is 34.7 Å². The van der Waals surface area contributed by atoms with Crippen LogP contribution < -0.4 is 10.6 Å². The number of carboxylic acids is 1. The van der Waals surface area contributed by atoms with E-state index in [0.717, 1.165) is 17.7 Å². The van der Waals surface area contributed by atoms with E-state index in [1.54, 1.807) is 6.07 Å². The lowest BCUT2D eigenvalue weighted by atomic mass is 10.2. The molecule has 0 fully saturated rings. The lowest BCUT2D eigenvalue weighted by Crippen LogP contribution is -2.32. The molecule has 1 heterocycles. The van der Waals surface area contributed by atoms with Gasteiger partial charge >= 0.3 is 12.1 Å². The fraction of sp³-hybridized carbons (Fsp3) is 0.154. The molecule has 1 atom stereocenters. The molecule has 0 aliphatic carbocycles. The van der Waals surface area contributed by atoms with Gasteiger partial charge in [-0.25, -0.2) is 9.18 Å². The van der Waals surface area contributed by atoms with Crippen molar-refractivity contribution in [2.75, 3.05) is 16.4 Å². The Hall–Kier alpha value is -4.19. The van der Waals surface area contributed by atoms with Crippen molar-refractivity contribution in [1.82, 2.24) is 15.0 Å². The topological polar surface area (TPSA) is 100 Å². The van der Waals surface area contributed by atoms with Crippen LogP contribution >= 0.6 is 11.8 Å². The number of halogens is 4. The van der Waals surface area contributed by atoms with E-state index in [9.17, 15) is 27.5 Å². The van der Waals surface area contributed by atoms with Crippen molar-refractivity contribution in [2.24, 2.45) is 0 Å². The van der Waals surface area contributed by atoms with Gasteiger partial charge in [-0.1, -0.05) is 42.5 Å². The molecule has 0 aliphatic heterocycles. The maximum atomic E-state index is 14.5. The molecule has 1 unspecified atom stereocenters. The van der Waals surface area contributed by atoms with Crippen molar-refractivity contribution in [1.29, 1.82) is 0 Å². The Bertz CT molecular complexity index is 1390. The first-order chi connectivity index (χ1) is 18.2. The van der Waals surface area contributed by atoms with Gasteiger partial charge in [0.15, 0.2) is 5.82 Å². The zero-order chi connectivity index (χ0) is 27.1. The lowest BCUT2D eigenvalue weighted by molar-refractivity contribution is -0.138. The van der Waals surface area contributed by atoms with Crippen LogP contribution in [0.25, 0.3) is 11.4 Å². The monoisotopic (exact) mass is 543 g/mol. The van der Waals surface area contributed by atoms with E-state index in [0.29, 0.717) is 5.75 Å². The van der Waals surface area contributed by atoms with Gasteiger partial charge in [0.25, 0.3) is 0 Å². The molecule has 4 aromatic rings. The van der Waals surface area contributed by atoms with Gasteiger partial charge in [-0.3, -0.25) is 0 Å². The molecule has 0 saturated carbocycles. The van der Waals surface area contributed by atoms with Crippen molar-refractivity contribution < 1.29 is 27.5 Å². The number of nitrogens with one attached hydrogen (secondary N) is 2. The van der Waals surface area contributed by atoms with Crippen LogP contribution in [0.2, 0.25) is 0 Å². The summed E-state index contributed by atoms with van der Waals surface area (Å²) in [7, 11) is 0. The van der Waals surface area contributed by atoms with Gasteiger partial charge < -0.3 is 15.7 Å². The van der Waals surface area contributed by atoms with Crippen LogP contribution in [-0.2, 0) is 16.7 Å². The van der Waals surface area contributed by atoms with Crippen LogP contribution in [0.5, 0.6) is 0 Å². The van der Waals surface area contributed by atoms with Crippen LogP contribution in [0.4, 0.5) is 35.1 Å².